The first-order valence-corrected chi connectivity index (χ1v) is 33.0. The number of thioether (sulfide) groups is 1. The van der Waals surface area contributed by atoms with Crippen LogP contribution in [0.1, 0.15) is 254 Å². The van der Waals surface area contributed by atoms with Gasteiger partial charge in [-0.05, 0) is 104 Å². The average molecular weight is 1020 g/mol. The zero-order chi connectivity index (χ0) is 51.7. The Balaban J connectivity index is 1.94. The van der Waals surface area contributed by atoms with Gasteiger partial charge in [-0.1, -0.05) is 238 Å². The van der Waals surface area contributed by atoms with Crippen LogP contribution in [0.2, 0.25) is 5.04 Å². The molecule has 0 amide bonds. The fraction of sp³-hybridized carbons (Fsp3) is 0.778. The molecule has 0 aliphatic carbocycles. The van der Waals surface area contributed by atoms with Crippen molar-refractivity contribution >= 4 is 42.4 Å². The van der Waals surface area contributed by atoms with E-state index in [1.807, 2.05) is 11.8 Å². The first-order chi connectivity index (χ1) is 34.5. The molecule has 0 aromatic heterocycles. The SMILES string of the molecule is CCCCCCCCC(CCCCCC)C(=O)OCCCCCC(CCCCCSCC(CCCCCC)OC(=O)CCCCC(C)C)NCCCCO[Si](c1ccccc1)(c1ccccc1)C(C)(C)C. The summed E-state index contributed by atoms with van der Waals surface area (Å²) in [6.07, 6.45) is 35.3. The number of hydrogen-bond acceptors (Lipinski definition) is 7. The lowest BCUT2D eigenvalue weighted by Gasteiger charge is -2.43. The van der Waals surface area contributed by atoms with E-state index in [9.17, 15) is 9.59 Å². The summed E-state index contributed by atoms with van der Waals surface area (Å²) in [5, 5.41) is 6.67. The van der Waals surface area contributed by atoms with E-state index in [0.717, 1.165) is 115 Å². The Morgan fingerprint density at radius 1 is 0.563 bits per heavy atom. The fourth-order valence-corrected chi connectivity index (χ4v) is 15.9. The molecular formula is C63H111NO5SSi. The largest absolute Gasteiger partial charge is 0.465 e. The van der Waals surface area contributed by atoms with Crippen LogP contribution in [-0.4, -0.2) is 63.7 Å². The topological polar surface area (TPSA) is 73.9 Å². The highest BCUT2D eigenvalue weighted by atomic mass is 32.2. The van der Waals surface area contributed by atoms with Crippen LogP contribution in [0.4, 0.5) is 0 Å². The Bertz CT molecular complexity index is 1500. The van der Waals surface area contributed by atoms with Crippen LogP contribution in [0.5, 0.6) is 0 Å². The van der Waals surface area contributed by atoms with Crippen LogP contribution < -0.4 is 15.7 Å². The molecule has 3 atom stereocenters. The number of carbonyl (C=O) groups excluding carboxylic acids is 2. The molecule has 1 N–H and O–H groups in total. The zero-order valence-electron chi connectivity index (χ0n) is 47.5. The molecule has 0 radical (unpaired) electrons. The van der Waals surface area contributed by atoms with Gasteiger partial charge >= 0.3 is 11.9 Å². The average Bonchev–Trinajstić information content (AvgIpc) is 3.36. The van der Waals surface area contributed by atoms with Gasteiger partial charge < -0.3 is 19.2 Å². The normalized spacial score (nSPS) is 13.4. The van der Waals surface area contributed by atoms with Crippen molar-refractivity contribution in [2.45, 2.75) is 272 Å². The van der Waals surface area contributed by atoms with E-state index in [-0.39, 0.29) is 29.0 Å². The monoisotopic (exact) mass is 1020 g/mol. The third-order valence-electron chi connectivity index (χ3n) is 14.6. The van der Waals surface area contributed by atoms with E-state index in [4.69, 9.17) is 13.9 Å². The second-order valence-electron chi connectivity index (χ2n) is 22.5. The van der Waals surface area contributed by atoms with Gasteiger partial charge in [0.15, 0.2) is 0 Å². The van der Waals surface area contributed by atoms with Crippen molar-refractivity contribution in [1.29, 1.82) is 0 Å². The number of ether oxygens (including phenoxy) is 2. The molecule has 0 aliphatic rings. The van der Waals surface area contributed by atoms with Gasteiger partial charge in [-0.25, -0.2) is 0 Å². The number of benzene rings is 2. The fourth-order valence-electron chi connectivity index (χ4n) is 10.2. The number of nitrogens with one attached hydrogen (secondary N) is 1. The first kappa shape index (κ1) is 65.0. The van der Waals surface area contributed by atoms with Crippen LogP contribution in [0, 0.1) is 11.8 Å². The Morgan fingerprint density at radius 3 is 1.63 bits per heavy atom. The summed E-state index contributed by atoms with van der Waals surface area (Å²) in [5.74, 6) is 2.86. The molecule has 0 heterocycles. The van der Waals surface area contributed by atoms with Crippen LogP contribution in [0.15, 0.2) is 60.7 Å². The van der Waals surface area contributed by atoms with Crippen LogP contribution in [-0.2, 0) is 23.5 Å². The van der Waals surface area contributed by atoms with Crippen molar-refractivity contribution in [2.24, 2.45) is 11.8 Å². The lowest BCUT2D eigenvalue weighted by molar-refractivity contribution is -0.149. The van der Waals surface area contributed by atoms with Gasteiger partial charge in [0.1, 0.15) is 6.10 Å². The highest BCUT2D eigenvalue weighted by molar-refractivity contribution is 7.99. The van der Waals surface area contributed by atoms with Gasteiger partial charge in [0.2, 0.25) is 0 Å². The highest BCUT2D eigenvalue weighted by Gasteiger charge is 2.50. The molecule has 71 heavy (non-hydrogen) atoms. The second-order valence-corrected chi connectivity index (χ2v) is 28.0. The zero-order valence-corrected chi connectivity index (χ0v) is 49.3. The maximum absolute atomic E-state index is 13.3. The van der Waals surface area contributed by atoms with E-state index in [0.29, 0.717) is 25.0 Å². The number of hydrogen-bond donors (Lipinski definition) is 1. The number of rotatable bonds is 47. The third-order valence-corrected chi connectivity index (χ3v) is 20.8. The Kier molecular flexibility index (Phi) is 38.6. The van der Waals surface area contributed by atoms with Crippen molar-refractivity contribution in [3.8, 4) is 0 Å². The van der Waals surface area contributed by atoms with E-state index < -0.39 is 8.32 Å². The predicted molar refractivity (Wildman–Crippen MR) is 312 cm³/mol. The van der Waals surface area contributed by atoms with Crippen LogP contribution >= 0.6 is 11.8 Å². The van der Waals surface area contributed by atoms with Crippen molar-refractivity contribution in [1.82, 2.24) is 5.32 Å². The van der Waals surface area contributed by atoms with Gasteiger partial charge in [-0.2, -0.15) is 11.8 Å². The van der Waals surface area contributed by atoms with Crippen LogP contribution in [0.3, 0.4) is 0 Å². The second kappa shape index (κ2) is 42.1. The summed E-state index contributed by atoms with van der Waals surface area (Å²) in [4.78, 5) is 26.1. The standard InChI is InChI=1S/C63H111NO5SSi/c1-9-12-15-18-19-25-41-56(40-24-16-13-10-2)62(66)67-51-36-22-26-42-57(43-27-23-38-53-70-54-58(44-28-17-14-11-3)69-61(65)49-34-33-39-55(4)5)64-50-35-37-52-68-71(63(6,7)8,59-45-29-20-30-46-59)60-47-31-21-32-48-60/h20-21,29-32,45-48,55-58,64H,9-19,22-28,33-44,49-54H2,1-8H3. The Hall–Kier alpha value is -2.13. The maximum Gasteiger partial charge on any atom is 0.308 e. The van der Waals surface area contributed by atoms with Crippen molar-refractivity contribution < 1.29 is 23.5 Å². The minimum absolute atomic E-state index is 0.00165. The Morgan fingerprint density at radius 2 is 1.06 bits per heavy atom. The lowest BCUT2D eigenvalue weighted by Crippen LogP contribution is -2.66. The van der Waals surface area contributed by atoms with Gasteiger partial charge in [0, 0.05) is 24.8 Å². The molecule has 3 unspecified atom stereocenters. The first-order valence-electron chi connectivity index (χ1n) is 29.9. The molecule has 0 spiro atoms. The van der Waals surface area contributed by atoms with Gasteiger partial charge in [0.25, 0.3) is 8.32 Å². The van der Waals surface area contributed by atoms with E-state index in [1.54, 1.807) is 0 Å². The summed E-state index contributed by atoms with van der Waals surface area (Å²) in [6, 6.07) is 22.5. The van der Waals surface area contributed by atoms with Crippen molar-refractivity contribution in [2.75, 3.05) is 31.3 Å². The molecule has 6 nitrogen and oxygen atoms in total. The molecule has 0 saturated heterocycles. The van der Waals surface area contributed by atoms with Gasteiger partial charge in [-0.3, -0.25) is 9.59 Å². The minimum atomic E-state index is -2.54. The van der Waals surface area contributed by atoms with Gasteiger partial charge in [-0.15, -0.1) is 0 Å². The van der Waals surface area contributed by atoms with E-state index in [1.165, 1.54) is 113 Å². The number of unbranched alkanes of at least 4 members (excludes halogenated alkanes) is 17. The minimum Gasteiger partial charge on any atom is -0.465 e. The molecule has 0 aliphatic heterocycles. The van der Waals surface area contributed by atoms with Crippen molar-refractivity contribution in [3.05, 3.63) is 60.7 Å². The van der Waals surface area contributed by atoms with E-state index >= 15 is 0 Å². The molecule has 2 aromatic carbocycles. The third kappa shape index (κ3) is 30.1. The smallest absolute Gasteiger partial charge is 0.308 e. The van der Waals surface area contributed by atoms with Crippen molar-refractivity contribution in [3.63, 3.8) is 0 Å². The van der Waals surface area contributed by atoms with Crippen LogP contribution in [0.25, 0.3) is 0 Å². The molecule has 408 valence electrons. The predicted octanol–water partition coefficient (Wildman–Crippen LogP) is 17.1. The lowest BCUT2D eigenvalue weighted by atomic mass is 9.94. The number of carbonyl (C=O) groups is 2. The maximum atomic E-state index is 13.3. The summed E-state index contributed by atoms with van der Waals surface area (Å²) in [6.45, 7) is 20.7. The molecule has 0 saturated carbocycles. The molecule has 8 heteroatoms. The van der Waals surface area contributed by atoms with E-state index in [2.05, 4.69) is 121 Å². The molecular weight excluding hydrogens is 911 g/mol. The Labute approximate surface area is 444 Å². The highest BCUT2D eigenvalue weighted by Crippen LogP contribution is 2.37. The summed E-state index contributed by atoms with van der Waals surface area (Å²) in [7, 11) is -2.54. The number of esters is 2. The molecule has 2 aromatic rings. The molecule has 2 rings (SSSR count). The molecule has 0 bridgehead atoms. The van der Waals surface area contributed by atoms with Gasteiger partial charge in [0.05, 0.1) is 12.5 Å². The summed E-state index contributed by atoms with van der Waals surface area (Å²) in [5.41, 5.74) is 0. The summed E-state index contributed by atoms with van der Waals surface area (Å²) >= 11 is 1.98. The quantitative estimate of drug-likeness (QED) is 0.0402. The summed E-state index contributed by atoms with van der Waals surface area (Å²) < 4.78 is 19.3. The molecule has 0 fully saturated rings.